The number of carbonyl (C=O) groups excluding carboxylic acids is 1. The third-order valence-corrected chi connectivity index (χ3v) is 2.94. The molecule has 0 aliphatic rings. The predicted octanol–water partition coefficient (Wildman–Crippen LogP) is 3.11. The number of hydrogen-bond donors (Lipinski definition) is 2. The van der Waals surface area contributed by atoms with Gasteiger partial charge in [0.05, 0.1) is 0 Å². The molecule has 2 N–H and O–H groups in total. The van der Waals surface area contributed by atoms with E-state index in [2.05, 4.69) is 27.5 Å². The van der Waals surface area contributed by atoms with Crippen LogP contribution < -0.4 is 10.6 Å². The van der Waals surface area contributed by atoms with Crippen molar-refractivity contribution in [2.75, 3.05) is 17.2 Å². The zero-order valence-corrected chi connectivity index (χ0v) is 12.4. The molecule has 0 saturated heterocycles. The van der Waals surface area contributed by atoms with Crippen molar-refractivity contribution in [1.82, 2.24) is 9.97 Å². The first-order valence-electron chi connectivity index (χ1n) is 7.19. The Labute approximate surface area is 124 Å². The van der Waals surface area contributed by atoms with Gasteiger partial charge in [-0.1, -0.05) is 13.3 Å². The lowest BCUT2D eigenvalue weighted by Gasteiger charge is -2.10. The largest absolute Gasteiger partial charge is 0.370 e. The van der Waals surface area contributed by atoms with Crippen molar-refractivity contribution in [2.45, 2.75) is 26.7 Å². The summed E-state index contributed by atoms with van der Waals surface area (Å²) < 4.78 is 0. The fourth-order valence-electron chi connectivity index (χ4n) is 2.01. The molecule has 2 aromatic rings. The average molecular weight is 284 g/mol. The number of aromatic nitrogens is 2. The molecule has 0 bridgehead atoms. The van der Waals surface area contributed by atoms with Crippen LogP contribution in [0.3, 0.4) is 0 Å². The Kier molecular flexibility index (Phi) is 5.26. The molecule has 0 aliphatic heterocycles. The molecule has 110 valence electrons. The van der Waals surface area contributed by atoms with Crippen molar-refractivity contribution < 1.29 is 4.79 Å². The summed E-state index contributed by atoms with van der Waals surface area (Å²) >= 11 is 0. The summed E-state index contributed by atoms with van der Waals surface area (Å²) in [5.74, 6) is 0.600. The maximum atomic E-state index is 12.3. The van der Waals surface area contributed by atoms with Crippen LogP contribution in [0.5, 0.6) is 0 Å². The van der Waals surface area contributed by atoms with Gasteiger partial charge in [0.1, 0.15) is 5.82 Å². The number of anilines is 2. The van der Waals surface area contributed by atoms with E-state index in [4.69, 9.17) is 0 Å². The number of pyridine rings is 2. The van der Waals surface area contributed by atoms with Crippen LogP contribution in [0.25, 0.3) is 0 Å². The summed E-state index contributed by atoms with van der Waals surface area (Å²) in [6.07, 6.45) is 5.15. The molecule has 1 amide bonds. The molecule has 0 spiro atoms. The monoisotopic (exact) mass is 284 g/mol. The first-order chi connectivity index (χ1) is 10.2. The Morgan fingerprint density at radius 1 is 1.19 bits per heavy atom. The topological polar surface area (TPSA) is 66.9 Å². The van der Waals surface area contributed by atoms with Gasteiger partial charge in [-0.05, 0) is 37.6 Å². The van der Waals surface area contributed by atoms with Crippen LogP contribution in [0.4, 0.5) is 11.5 Å². The van der Waals surface area contributed by atoms with Gasteiger partial charge in [-0.25, -0.2) is 4.98 Å². The van der Waals surface area contributed by atoms with E-state index in [0.717, 1.165) is 36.6 Å². The average Bonchev–Trinajstić information content (AvgIpc) is 2.49. The lowest BCUT2D eigenvalue weighted by molar-refractivity contribution is 0.102. The van der Waals surface area contributed by atoms with Crippen molar-refractivity contribution in [3.05, 3.63) is 47.9 Å². The van der Waals surface area contributed by atoms with Gasteiger partial charge in [-0.15, -0.1) is 0 Å². The lowest BCUT2D eigenvalue weighted by atomic mass is 10.1. The zero-order chi connectivity index (χ0) is 15.1. The summed E-state index contributed by atoms with van der Waals surface area (Å²) in [5.41, 5.74) is 2.27. The van der Waals surface area contributed by atoms with Crippen LogP contribution in [0.15, 0.2) is 36.7 Å². The minimum atomic E-state index is -0.139. The summed E-state index contributed by atoms with van der Waals surface area (Å²) in [7, 11) is 0. The third kappa shape index (κ3) is 4.27. The molecule has 5 nitrogen and oxygen atoms in total. The Balaban J connectivity index is 2.22. The third-order valence-electron chi connectivity index (χ3n) is 2.94. The quantitative estimate of drug-likeness (QED) is 0.855. The van der Waals surface area contributed by atoms with E-state index < -0.39 is 0 Å². The second-order valence-electron chi connectivity index (χ2n) is 4.70. The molecule has 0 saturated carbocycles. The number of nitrogens with zero attached hydrogens (tertiary/aromatic N) is 2. The molecule has 0 unspecified atom stereocenters. The van der Waals surface area contributed by atoms with Gasteiger partial charge in [-0.2, -0.15) is 0 Å². The highest BCUT2D eigenvalue weighted by atomic mass is 16.1. The van der Waals surface area contributed by atoms with E-state index in [9.17, 15) is 4.79 Å². The molecule has 0 aliphatic carbocycles. The fourth-order valence-corrected chi connectivity index (χ4v) is 2.01. The molecule has 0 fully saturated rings. The van der Waals surface area contributed by atoms with Crippen molar-refractivity contribution in [2.24, 2.45) is 0 Å². The molecule has 0 radical (unpaired) electrons. The highest BCUT2D eigenvalue weighted by molar-refractivity contribution is 6.04. The summed E-state index contributed by atoms with van der Waals surface area (Å²) in [6, 6.07) is 7.15. The van der Waals surface area contributed by atoms with Gasteiger partial charge in [0.2, 0.25) is 0 Å². The van der Waals surface area contributed by atoms with Gasteiger partial charge in [0.15, 0.2) is 0 Å². The van der Waals surface area contributed by atoms with Crippen LogP contribution in [-0.4, -0.2) is 22.4 Å². The summed E-state index contributed by atoms with van der Waals surface area (Å²) in [4.78, 5) is 20.8. The molecular formula is C16H20N4O. The highest BCUT2D eigenvalue weighted by Gasteiger charge is 2.10. The molecule has 5 heteroatoms. The molecule has 0 atom stereocenters. The van der Waals surface area contributed by atoms with Gasteiger partial charge in [-0.3, -0.25) is 9.78 Å². The van der Waals surface area contributed by atoms with E-state index in [0.29, 0.717) is 5.56 Å². The van der Waals surface area contributed by atoms with E-state index in [1.54, 1.807) is 30.6 Å². The Bertz CT molecular complexity index is 574. The molecular weight excluding hydrogens is 264 g/mol. The van der Waals surface area contributed by atoms with Crippen molar-refractivity contribution in [3.8, 4) is 0 Å². The van der Waals surface area contributed by atoms with Gasteiger partial charge in [0.25, 0.3) is 5.91 Å². The number of aryl methyl sites for hydroxylation is 1. The number of nitrogens with one attached hydrogen (secondary N) is 2. The van der Waals surface area contributed by atoms with Crippen LogP contribution >= 0.6 is 0 Å². The van der Waals surface area contributed by atoms with E-state index in [-0.39, 0.29) is 5.91 Å². The molecule has 2 heterocycles. The van der Waals surface area contributed by atoms with E-state index in [1.165, 1.54) is 0 Å². The van der Waals surface area contributed by atoms with Crippen molar-refractivity contribution in [3.63, 3.8) is 0 Å². The Morgan fingerprint density at radius 2 is 1.95 bits per heavy atom. The maximum absolute atomic E-state index is 12.3. The first-order valence-corrected chi connectivity index (χ1v) is 7.19. The van der Waals surface area contributed by atoms with E-state index >= 15 is 0 Å². The SMILES string of the molecule is CCCc1cc(C(=O)Nc2ccncc2)cc(NCC)n1. The normalized spacial score (nSPS) is 10.2. The van der Waals surface area contributed by atoms with Crippen LogP contribution in [0, 0.1) is 0 Å². The van der Waals surface area contributed by atoms with Gasteiger partial charge < -0.3 is 10.6 Å². The zero-order valence-electron chi connectivity index (χ0n) is 12.4. The van der Waals surface area contributed by atoms with E-state index in [1.807, 2.05) is 13.0 Å². The smallest absolute Gasteiger partial charge is 0.255 e. The summed E-state index contributed by atoms with van der Waals surface area (Å²) in [6.45, 7) is 4.87. The van der Waals surface area contributed by atoms with Gasteiger partial charge >= 0.3 is 0 Å². The van der Waals surface area contributed by atoms with Crippen molar-refractivity contribution in [1.29, 1.82) is 0 Å². The number of carbonyl (C=O) groups is 1. The fraction of sp³-hybridized carbons (Fsp3) is 0.312. The second-order valence-corrected chi connectivity index (χ2v) is 4.70. The Morgan fingerprint density at radius 3 is 2.62 bits per heavy atom. The Hall–Kier alpha value is -2.43. The number of amides is 1. The number of hydrogen-bond acceptors (Lipinski definition) is 4. The lowest BCUT2D eigenvalue weighted by Crippen LogP contribution is -2.14. The highest BCUT2D eigenvalue weighted by Crippen LogP contribution is 2.14. The van der Waals surface area contributed by atoms with Crippen LogP contribution in [0.1, 0.15) is 36.3 Å². The second kappa shape index (κ2) is 7.38. The summed E-state index contributed by atoms with van der Waals surface area (Å²) in [5, 5.41) is 6.03. The maximum Gasteiger partial charge on any atom is 0.255 e. The standard InChI is InChI=1S/C16H20N4O/c1-3-5-14-10-12(11-15(19-14)18-4-2)16(21)20-13-6-8-17-9-7-13/h6-11H,3-5H2,1-2H3,(H,18,19)(H,17,20,21). The minimum absolute atomic E-state index is 0.139. The molecule has 2 aromatic heterocycles. The van der Waals surface area contributed by atoms with Crippen LogP contribution in [-0.2, 0) is 6.42 Å². The molecule has 21 heavy (non-hydrogen) atoms. The minimum Gasteiger partial charge on any atom is -0.370 e. The number of rotatable bonds is 6. The molecule has 2 rings (SSSR count). The molecule has 0 aromatic carbocycles. The first kappa shape index (κ1) is 15.0. The predicted molar refractivity (Wildman–Crippen MR) is 84.6 cm³/mol. The van der Waals surface area contributed by atoms with Crippen molar-refractivity contribution >= 4 is 17.4 Å². The van der Waals surface area contributed by atoms with Gasteiger partial charge in [0, 0.05) is 35.9 Å². The van der Waals surface area contributed by atoms with Crippen LogP contribution in [0.2, 0.25) is 0 Å².